The molecule has 15 heavy (non-hydrogen) atoms. The molecule has 74 valence electrons. The van der Waals surface area contributed by atoms with Crippen molar-refractivity contribution in [2.24, 2.45) is 0 Å². The van der Waals surface area contributed by atoms with Crippen molar-refractivity contribution in [1.29, 1.82) is 5.26 Å². The molecule has 2 nitrogen and oxygen atoms in total. The average molecular weight is 235 g/mol. The SMILES string of the molecule is N#Cc1ccc(Nc2ccsc2)c(Cl)c1. The van der Waals surface area contributed by atoms with Crippen molar-refractivity contribution in [3.05, 3.63) is 45.6 Å². The largest absolute Gasteiger partial charge is 0.354 e. The lowest BCUT2D eigenvalue weighted by Crippen LogP contribution is -1.89. The van der Waals surface area contributed by atoms with Crippen LogP contribution >= 0.6 is 22.9 Å². The Bertz CT molecular complexity index is 500. The summed E-state index contributed by atoms with van der Waals surface area (Å²) in [5.41, 5.74) is 2.39. The maximum absolute atomic E-state index is 8.68. The van der Waals surface area contributed by atoms with E-state index in [9.17, 15) is 0 Å². The zero-order valence-corrected chi connectivity index (χ0v) is 9.27. The van der Waals surface area contributed by atoms with Crippen molar-refractivity contribution in [2.75, 3.05) is 5.32 Å². The number of hydrogen-bond donors (Lipinski definition) is 1. The molecule has 1 aromatic heterocycles. The number of anilines is 2. The van der Waals surface area contributed by atoms with Gasteiger partial charge in [-0.3, -0.25) is 0 Å². The minimum atomic E-state index is 0.556. The molecule has 0 amide bonds. The van der Waals surface area contributed by atoms with Gasteiger partial charge in [0.2, 0.25) is 0 Å². The van der Waals surface area contributed by atoms with Gasteiger partial charge in [-0.25, -0.2) is 0 Å². The molecule has 0 saturated heterocycles. The Morgan fingerprint density at radius 1 is 1.33 bits per heavy atom. The van der Waals surface area contributed by atoms with Crippen LogP contribution in [0.2, 0.25) is 5.02 Å². The molecular formula is C11H7ClN2S. The zero-order valence-electron chi connectivity index (χ0n) is 7.70. The van der Waals surface area contributed by atoms with E-state index in [0.29, 0.717) is 10.6 Å². The third-order valence-electron chi connectivity index (χ3n) is 1.90. The van der Waals surface area contributed by atoms with Crippen molar-refractivity contribution >= 4 is 34.3 Å². The van der Waals surface area contributed by atoms with Gasteiger partial charge in [-0.05, 0) is 29.6 Å². The van der Waals surface area contributed by atoms with Crippen molar-refractivity contribution in [3.8, 4) is 6.07 Å². The lowest BCUT2D eigenvalue weighted by molar-refractivity contribution is 1.48. The van der Waals surface area contributed by atoms with Gasteiger partial charge in [0.1, 0.15) is 0 Å². The summed E-state index contributed by atoms with van der Waals surface area (Å²) in [6, 6.07) is 9.21. The number of benzene rings is 1. The molecule has 0 spiro atoms. The first kappa shape index (κ1) is 10.0. The molecule has 0 fully saturated rings. The van der Waals surface area contributed by atoms with Crippen LogP contribution in [-0.4, -0.2) is 0 Å². The second kappa shape index (κ2) is 4.35. The summed E-state index contributed by atoms with van der Waals surface area (Å²) in [6.07, 6.45) is 0. The first-order valence-corrected chi connectivity index (χ1v) is 5.60. The lowest BCUT2D eigenvalue weighted by Gasteiger charge is -2.05. The van der Waals surface area contributed by atoms with Gasteiger partial charge >= 0.3 is 0 Å². The molecule has 0 aliphatic rings. The van der Waals surface area contributed by atoms with E-state index < -0.39 is 0 Å². The van der Waals surface area contributed by atoms with E-state index in [0.717, 1.165) is 11.4 Å². The van der Waals surface area contributed by atoms with Gasteiger partial charge in [0.25, 0.3) is 0 Å². The number of nitrogens with one attached hydrogen (secondary N) is 1. The lowest BCUT2D eigenvalue weighted by atomic mass is 10.2. The van der Waals surface area contributed by atoms with Gasteiger partial charge in [-0.1, -0.05) is 11.6 Å². The van der Waals surface area contributed by atoms with Crippen molar-refractivity contribution in [3.63, 3.8) is 0 Å². The van der Waals surface area contributed by atoms with E-state index in [1.807, 2.05) is 22.9 Å². The molecule has 0 bridgehead atoms. The Labute approximate surface area is 96.7 Å². The Morgan fingerprint density at radius 3 is 2.80 bits per heavy atom. The summed E-state index contributed by atoms with van der Waals surface area (Å²) < 4.78 is 0. The van der Waals surface area contributed by atoms with Crippen LogP contribution in [0.3, 0.4) is 0 Å². The van der Waals surface area contributed by atoms with Crippen LogP contribution in [0.5, 0.6) is 0 Å². The molecule has 0 unspecified atom stereocenters. The number of thiophene rings is 1. The highest BCUT2D eigenvalue weighted by Gasteiger charge is 2.02. The number of halogens is 1. The van der Waals surface area contributed by atoms with E-state index in [4.69, 9.17) is 16.9 Å². The molecule has 4 heteroatoms. The standard InChI is InChI=1S/C11H7ClN2S/c12-10-5-8(6-13)1-2-11(10)14-9-3-4-15-7-9/h1-5,7,14H. The van der Waals surface area contributed by atoms with Crippen LogP contribution in [0, 0.1) is 11.3 Å². The van der Waals surface area contributed by atoms with E-state index in [1.54, 1.807) is 29.5 Å². The second-order valence-corrected chi connectivity index (χ2v) is 4.13. The normalized spacial score (nSPS) is 9.60. The third-order valence-corrected chi connectivity index (χ3v) is 2.89. The van der Waals surface area contributed by atoms with Crippen LogP contribution in [0.25, 0.3) is 0 Å². The molecule has 1 N–H and O–H groups in total. The van der Waals surface area contributed by atoms with Crippen molar-refractivity contribution < 1.29 is 0 Å². The molecule has 0 radical (unpaired) electrons. The number of nitrogens with zero attached hydrogens (tertiary/aromatic N) is 1. The summed E-state index contributed by atoms with van der Waals surface area (Å²) in [6.45, 7) is 0. The highest BCUT2D eigenvalue weighted by atomic mass is 35.5. The van der Waals surface area contributed by atoms with Gasteiger partial charge in [-0.2, -0.15) is 16.6 Å². The first-order valence-electron chi connectivity index (χ1n) is 4.28. The number of hydrogen-bond acceptors (Lipinski definition) is 3. The molecule has 1 heterocycles. The number of nitriles is 1. The molecule has 1 aromatic carbocycles. The summed E-state index contributed by atoms with van der Waals surface area (Å²) in [7, 11) is 0. The van der Waals surface area contributed by atoms with Crippen LogP contribution in [0.1, 0.15) is 5.56 Å². The fourth-order valence-electron chi connectivity index (χ4n) is 1.18. The van der Waals surface area contributed by atoms with Gasteiger partial charge in [0, 0.05) is 11.1 Å². The predicted molar refractivity (Wildman–Crippen MR) is 63.8 cm³/mol. The molecule has 0 aliphatic carbocycles. The first-order chi connectivity index (χ1) is 7.29. The third kappa shape index (κ3) is 2.30. The summed E-state index contributed by atoms with van der Waals surface area (Å²) in [5.74, 6) is 0. The minimum Gasteiger partial charge on any atom is -0.354 e. The smallest absolute Gasteiger partial charge is 0.0992 e. The summed E-state index contributed by atoms with van der Waals surface area (Å²) >= 11 is 7.63. The topological polar surface area (TPSA) is 35.8 Å². The van der Waals surface area contributed by atoms with Crippen LogP contribution in [0.4, 0.5) is 11.4 Å². The van der Waals surface area contributed by atoms with E-state index >= 15 is 0 Å². The Hall–Kier alpha value is -1.50. The predicted octanol–water partition coefficient (Wildman–Crippen LogP) is 4.02. The second-order valence-electron chi connectivity index (χ2n) is 2.94. The van der Waals surface area contributed by atoms with Crippen LogP contribution in [0.15, 0.2) is 35.0 Å². The maximum atomic E-state index is 8.68. The zero-order chi connectivity index (χ0) is 10.7. The highest BCUT2D eigenvalue weighted by Crippen LogP contribution is 2.27. The molecule has 2 rings (SSSR count). The highest BCUT2D eigenvalue weighted by molar-refractivity contribution is 7.08. The van der Waals surface area contributed by atoms with Crippen molar-refractivity contribution in [1.82, 2.24) is 0 Å². The van der Waals surface area contributed by atoms with E-state index in [2.05, 4.69) is 5.32 Å². The molecule has 2 aromatic rings. The fourth-order valence-corrected chi connectivity index (χ4v) is 1.99. The Balaban J connectivity index is 2.27. The van der Waals surface area contributed by atoms with Gasteiger partial charge in [0.15, 0.2) is 0 Å². The Morgan fingerprint density at radius 2 is 2.20 bits per heavy atom. The van der Waals surface area contributed by atoms with Gasteiger partial charge in [-0.15, -0.1) is 0 Å². The molecule has 0 atom stereocenters. The van der Waals surface area contributed by atoms with Crippen LogP contribution < -0.4 is 5.32 Å². The molecular weight excluding hydrogens is 228 g/mol. The summed E-state index contributed by atoms with van der Waals surface area (Å²) in [5, 5.41) is 16.4. The van der Waals surface area contributed by atoms with Gasteiger partial charge < -0.3 is 5.32 Å². The van der Waals surface area contributed by atoms with Crippen molar-refractivity contribution in [2.45, 2.75) is 0 Å². The molecule has 0 saturated carbocycles. The van der Waals surface area contributed by atoms with E-state index in [1.165, 1.54) is 0 Å². The molecule has 0 aliphatic heterocycles. The minimum absolute atomic E-state index is 0.556. The monoisotopic (exact) mass is 234 g/mol. The van der Waals surface area contributed by atoms with Gasteiger partial charge in [0.05, 0.1) is 22.3 Å². The maximum Gasteiger partial charge on any atom is 0.0992 e. The van der Waals surface area contributed by atoms with Crippen LogP contribution in [-0.2, 0) is 0 Å². The number of rotatable bonds is 2. The quantitative estimate of drug-likeness (QED) is 0.852. The summed E-state index contributed by atoms with van der Waals surface area (Å²) in [4.78, 5) is 0. The fraction of sp³-hybridized carbons (Fsp3) is 0. The van der Waals surface area contributed by atoms with E-state index in [-0.39, 0.29) is 0 Å². The average Bonchev–Trinajstić information content (AvgIpc) is 2.74. The Kier molecular flexibility index (Phi) is 2.91.